The van der Waals surface area contributed by atoms with Crippen LogP contribution >= 0.6 is 0 Å². The van der Waals surface area contributed by atoms with Gasteiger partial charge in [0.2, 0.25) is 0 Å². The molecule has 8 nitrogen and oxygen atoms in total. The standard InChI is InChI=1S/C26H33N3O5Si/c1-27(2)19(16-28-24(30)20-8-6-7-9-21(20)25(28)31)14-18-10-11-22-23(15-18)34-26(32)29(22)17-33-12-13-35(3,4)5/h6-11,15,19H,12-14,16-17H2,1-5H3/t19-/m0/s1. The molecule has 0 spiro atoms. The zero-order valence-electron chi connectivity index (χ0n) is 21.0. The van der Waals surface area contributed by atoms with Crippen LogP contribution in [0, 0.1) is 0 Å². The second kappa shape index (κ2) is 9.92. The topological polar surface area (TPSA) is 85.0 Å². The maximum Gasteiger partial charge on any atom is 0.421 e. The highest BCUT2D eigenvalue weighted by atomic mass is 28.3. The number of amides is 2. The molecule has 3 aromatic rings. The lowest BCUT2D eigenvalue weighted by Crippen LogP contribution is -2.44. The molecule has 0 unspecified atom stereocenters. The second-order valence-corrected chi connectivity index (χ2v) is 16.2. The number of hydrogen-bond donors (Lipinski definition) is 0. The van der Waals surface area contributed by atoms with Crippen LogP contribution < -0.4 is 5.76 Å². The number of carbonyl (C=O) groups excluding carboxylic acids is 2. The normalized spacial score (nSPS) is 14.9. The van der Waals surface area contributed by atoms with Crippen molar-refractivity contribution in [1.82, 2.24) is 14.4 Å². The van der Waals surface area contributed by atoms with E-state index < -0.39 is 13.8 Å². The first-order valence-electron chi connectivity index (χ1n) is 11.9. The van der Waals surface area contributed by atoms with Crippen LogP contribution in [0.3, 0.4) is 0 Å². The van der Waals surface area contributed by atoms with Gasteiger partial charge in [0, 0.05) is 27.3 Å². The van der Waals surface area contributed by atoms with Crippen molar-refractivity contribution in [2.75, 3.05) is 27.2 Å². The zero-order valence-corrected chi connectivity index (χ0v) is 22.0. The van der Waals surface area contributed by atoms with Crippen molar-refractivity contribution >= 4 is 31.0 Å². The molecule has 9 heteroatoms. The van der Waals surface area contributed by atoms with Crippen molar-refractivity contribution in [3.05, 3.63) is 69.7 Å². The first kappa shape index (κ1) is 25.1. The van der Waals surface area contributed by atoms with Gasteiger partial charge < -0.3 is 14.1 Å². The Hall–Kier alpha value is -3.01. The Morgan fingerprint density at radius 2 is 1.66 bits per heavy atom. The Morgan fingerprint density at radius 1 is 1.00 bits per heavy atom. The minimum Gasteiger partial charge on any atom is -0.408 e. The summed E-state index contributed by atoms with van der Waals surface area (Å²) in [6, 6.07) is 13.5. The summed E-state index contributed by atoms with van der Waals surface area (Å²) < 4.78 is 12.8. The number of hydrogen-bond acceptors (Lipinski definition) is 6. The smallest absolute Gasteiger partial charge is 0.408 e. The molecule has 1 aromatic heterocycles. The van der Waals surface area contributed by atoms with Crippen LogP contribution in [0.4, 0.5) is 0 Å². The van der Waals surface area contributed by atoms with Gasteiger partial charge >= 0.3 is 5.76 Å². The molecule has 0 fully saturated rings. The molecule has 0 aliphatic carbocycles. The van der Waals surface area contributed by atoms with Gasteiger partial charge in [0.05, 0.1) is 16.6 Å². The quantitative estimate of drug-likeness (QED) is 0.242. The zero-order chi connectivity index (χ0) is 25.3. The number of ether oxygens (including phenoxy) is 1. The van der Waals surface area contributed by atoms with Crippen molar-refractivity contribution in [2.45, 2.75) is 44.9 Å². The Bertz CT molecular complexity index is 1270. The van der Waals surface area contributed by atoms with Crippen molar-refractivity contribution in [2.24, 2.45) is 0 Å². The number of benzene rings is 2. The summed E-state index contributed by atoms with van der Waals surface area (Å²) in [5, 5.41) is 0. The van der Waals surface area contributed by atoms with Gasteiger partial charge in [-0.05, 0) is 56.4 Å². The van der Waals surface area contributed by atoms with Crippen LogP contribution in [0.15, 0.2) is 51.7 Å². The number of oxazole rings is 1. The molecule has 0 saturated carbocycles. The van der Waals surface area contributed by atoms with Crippen molar-refractivity contribution in [3.63, 3.8) is 0 Å². The van der Waals surface area contributed by atoms with Gasteiger partial charge in [-0.2, -0.15) is 0 Å². The SMILES string of the molecule is CN(C)[C@@H](Cc1ccc2c(c1)oc(=O)n2COCC[Si](C)(C)C)CN1C(=O)c2ccccc2C1=O. The molecule has 1 aliphatic heterocycles. The van der Waals surface area contributed by atoms with E-state index in [0.29, 0.717) is 35.3 Å². The highest BCUT2D eigenvalue weighted by Crippen LogP contribution is 2.24. The fraction of sp³-hybridized carbons (Fsp3) is 0.423. The van der Waals surface area contributed by atoms with Gasteiger partial charge in [0.25, 0.3) is 11.8 Å². The Morgan fingerprint density at radius 3 is 2.26 bits per heavy atom. The summed E-state index contributed by atoms with van der Waals surface area (Å²) in [6.07, 6.45) is 0.581. The molecule has 0 saturated heterocycles. The molecule has 2 aromatic carbocycles. The summed E-state index contributed by atoms with van der Waals surface area (Å²) >= 11 is 0. The first-order chi connectivity index (χ1) is 16.5. The van der Waals surface area contributed by atoms with Gasteiger partial charge in [-0.25, -0.2) is 9.36 Å². The van der Waals surface area contributed by atoms with Gasteiger partial charge in [-0.1, -0.05) is 37.8 Å². The number of fused-ring (bicyclic) bond motifs is 2. The van der Waals surface area contributed by atoms with E-state index in [9.17, 15) is 14.4 Å². The van der Waals surface area contributed by atoms with Crippen LogP contribution in [0.25, 0.3) is 11.1 Å². The molecule has 186 valence electrons. The van der Waals surface area contributed by atoms with E-state index in [4.69, 9.17) is 9.15 Å². The van der Waals surface area contributed by atoms with Crippen molar-refractivity contribution < 1.29 is 18.7 Å². The monoisotopic (exact) mass is 495 g/mol. The number of carbonyl (C=O) groups is 2. The summed E-state index contributed by atoms with van der Waals surface area (Å²) in [7, 11) is 2.65. The fourth-order valence-electron chi connectivity index (χ4n) is 4.19. The van der Waals surface area contributed by atoms with Gasteiger partial charge in [0.15, 0.2) is 5.58 Å². The van der Waals surface area contributed by atoms with Gasteiger partial charge in [-0.3, -0.25) is 14.5 Å². The molecule has 4 rings (SSSR count). The van der Waals surface area contributed by atoms with Gasteiger partial charge in [-0.15, -0.1) is 0 Å². The highest BCUT2D eigenvalue weighted by molar-refractivity contribution is 6.76. The molecule has 35 heavy (non-hydrogen) atoms. The number of imide groups is 1. The average molecular weight is 496 g/mol. The summed E-state index contributed by atoms with van der Waals surface area (Å²) in [6.45, 7) is 7.91. The summed E-state index contributed by atoms with van der Waals surface area (Å²) in [5.41, 5.74) is 3.04. The van der Waals surface area contributed by atoms with Crippen molar-refractivity contribution in [1.29, 1.82) is 0 Å². The number of aromatic nitrogens is 1. The lowest BCUT2D eigenvalue weighted by atomic mass is 10.0. The largest absolute Gasteiger partial charge is 0.421 e. The van der Waals surface area contributed by atoms with E-state index in [1.165, 1.54) is 9.47 Å². The Kier molecular flexibility index (Phi) is 7.11. The Labute approximate surface area is 206 Å². The highest BCUT2D eigenvalue weighted by Gasteiger charge is 2.36. The van der Waals surface area contributed by atoms with E-state index in [2.05, 4.69) is 19.6 Å². The third-order valence-electron chi connectivity index (χ3n) is 6.42. The molecule has 0 bridgehead atoms. The maximum atomic E-state index is 12.8. The minimum absolute atomic E-state index is 0.103. The number of likely N-dealkylation sites (N-methyl/N-ethyl adjacent to an activating group) is 1. The van der Waals surface area contributed by atoms with Crippen LogP contribution in [0.2, 0.25) is 25.7 Å². The average Bonchev–Trinajstić information content (AvgIpc) is 3.23. The molecule has 2 amide bonds. The molecule has 1 aliphatic rings. The van der Waals surface area contributed by atoms with E-state index >= 15 is 0 Å². The molecule has 0 N–H and O–H groups in total. The third-order valence-corrected chi connectivity index (χ3v) is 8.13. The number of rotatable bonds is 10. The van der Waals surface area contributed by atoms with Gasteiger partial charge in [0.1, 0.15) is 6.73 Å². The van der Waals surface area contributed by atoms with Crippen LogP contribution in [-0.4, -0.2) is 67.5 Å². The summed E-state index contributed by atoms with van der Waals surface area (Å²) in [4.78, 5) is 41.4. The predicted molar refractivity (Wildman–Crippen MR) is 138 cm³/mol. The lowest BCUT2D eigenvalue weighted by Gasteiger charge is -2.28. The lowest BCUT2D eigenvalue weighted by molar-refractivity contribution is 0.0612. The minimum atomic E-state index is -1.21. The van der Waals surface area contributed by atoms with Crippen LogP contribution in [-0.2, 0) is 17.9 Å². The maximum absolute atomic E-state index is 12.8. The fourth-order valence-corrected chi connectivity index (χ4v) is 4.95. The molecular weight excluding hydrogens is 462 g/mol. The summed E-state index contributed by atoms with van der Waals surface area (Å²) in [5.74, 6) is -0.962. The molecule has 0 radical (unpaired) electrons. The Balaban J connectivity index is 1.47. The predicted octanol–water partition coefficient (Wildman–Crippen LogP) is 3.68. The number of nitrogens with zero attached hydrogens (tertiary/aromatic N) is 3. The van der Waals surface area contributed by atoms with Crippen LogP contribution in [0.5, 0.6) is 0 Å². The van der Waals surface area contributed by atoms with E-state index in [0.717, 1.165) is 11.6 Å². The molecular formula is C26H33N3O5Si. The van der Waals surface area contributed by atoms with Crippen LogP contribution in [0.1, 0.15) is 26.3 Å². The second-order valence-electron chi connectivity index (χ2n) is 10.5. The van der Waals surface area contributed by atoms with Crippen molar-refractivity contribution in [3.8, 4) is 0 Å². The van der Waals surface area contributed by atoms with E-state index in [1.54, 1.807) is 24.3 Å². The molecule has 1 atom stereocenters. The third kappa shape index (κ3) is 5.47. The molecule has 2 heterocycles. The van der Waals surface area contributed by atoms with E-state index in [-0.39, 0.29) is 31.1 Å². The van der Waals surface area contributed by atoms with E-state index in [1.807, 2.05) is 37.2 Å². The first-order valence-corrected chi connectivity index (χ1v) is 15.6.